The van der Waals surface area contributed by atoms with E-state index in [9.17, 15) is 14.4 Å². The molecule has 0 aromatic heterocycles. The van der Waals surface area contributed by atoms with Crippen LogP contribution in [0, 0.1) is 6.92 Å². The molecule has 0 atom stereocenters. The second-order valence-electron chi connectivity index (χ2n) is 6.81. The van der Waals surface area contributed by atoms with E-state index in [1.54, 1.807) is 48.5 Å². The van der Waals surface area contributed by atoms with E-state index < -0.39 is 18.5 Å². The van der Waals surface area contributed by atoms with Crippen molar-refractivity contribution in [1.29, 1.82) is 0 Å². The molecule has 0 spiro atoms. The van der Waals surface area contributed by atoms with Crippen molar-refractivity contribution in [2.75, 3.05) is 18.5 Å². The van der Waals surface area contributed by atoms with Gasteiger partial charge in [0, 0.05) is 11.1 Å². The number of carbonyl (C=O) groups excluding carboxylic acids is 3. The molecule has 0 radical (unpaired) electrons. The Bertz CT molecular complexity index is 1060. The average molecular weight is 417 g/mol. The molecule has 1 amide bonds. The highest BCUT2D eigenvalue weighted by atomic mass is 16.5. The lowest BCUT2D eigenvalue weighted by atomic mass is 10.0. The van der Waals surface area contributed by atoms with Crippen molar-refractivity contribution in [3.8, 4) is 5.75 Å². The van der Waals surface area contributed by atoms with Crippen molar-refractivity contribution in [3.63, 3.8) is 0 Å². The van der Waals surface area contributed by atoms with Crippen molar-refractivity contribution < 1.29 is 23.9 Å². The highest BCUT2D eigenvalue weighted by molar-refractivity contribution is 6.13. The second-order valence-corrected chi connectivity index (χ2v) is 6.81. The lowest BCUT2D eigenvalue weighted by Crippen LogP contribution is -2.22. The van der Waals surface area contributed by atoms with Gasteiger partial charge in [0.2, 0.25) is 0 Å². The summed E-state index contributed by atoms with van der Waals surface area (Å²) in [5, 5.41) is 2.64. The number of ether oxygens (including phenoxy) is 2. The molecule has 0 fully saturated rings. The predicted molar refractivity (Wildman–Crippen MR) is 117 cm³/mol. The molecule has 0 unspecified atom stereocenters. The van der Waals surface area contributed by atoms with Crippen LogP contribution in [0.2, 0.25) is 0 Å². The summed E-state index contributed by atoms with van der Waals surface area (Å²) in [6.45, 7) is 1.62. The maximum absolute atomic E-state index is 12.7. The van der Waals surface area contributed by atoms with Crippen molar-refractivity contribution in [1.82, 2.24) is 0 Å². The Hall–Kier alpha value is -3.93. The van der Waals surface area contributed by atoms with Crippen LogP contribution in [0.3, 0.4) is 0 Å². The number of ketones is 1. The minimum absolute atomic E-state index is 0.0185. The summed E-state index contributed by atoms with van der Waals surface area (Å²) < 4.78 is 10.6. The number of nitrogens with one attached hydrogen (secondary N) is 1. The molecule has 0 aliphatic carbocycles. The summed E-state index contributed by atoms with van der Waals surface area (Å²) in [6, 6.07) is 23.0. The highest BCUT2D eigenvalue weighted by Gasteiger charge is 2.15. The number of hydrogen-bond donors (Lipinski definition) is 1. The Morgan fingerprint density at radius 2 is 1.52 bits per heavy atom. The summed E-state index contributed by atoms with van der Waals surface area (Å²) in [5.74, 6) is -0.576. The Kier molecular flexibility index (Phi) is 7.54. The zero-order valence-corrected chi connectivity index (χ0v) is 17.2. The summed E-state index contributed by atoms with van der Waals surface area (Å²) in [4.78, 5) is 36.9. The van der Waals surface area contributed by atoms with Gasteiger partial charge in [-0.2, -0.15) is 0 Å². The molecular weight excluding hydrogens is 394 g/mol. The van der Waals surface area contributed by atoms with Gasteiger partial charge in [0.25, 0.3) is 5.91 Å². The fourth-order valence-corrected chi connectivity index (χ4v) is 2.90. The van der Waals surface area contributed by atoms with E-state index in [2.05, 4.69) is 5.32 Å². The zero-order chi connectivity index (χ0) is 22.1. The molecule has 6 nitrogen and oxygen atoms in total. The monoisotopic (exact) mass is 417 g/mol. The number of benzene rings is 3. The number of esters is 1. The largest absolute Gasteiger partial charge is 0.493 e. The van der Waals surface area contributed by atoms with Crippen LogP contribution in [0.5, 0.6) is 5.75 Å². The van der Waals surface area contributed by atoms with Crippen LogP contribution in [0.15, 0.2) is 78.9 Å². The normalized spacial score (nSPS) is 10.2. The third-order valence-electron chi connectivity index (χ3n) is 4.50. The van der Waals surface area contributed by atoms with E-state index >= 15 is 0 Å². The number of anilines is 1. The number of amides is 1. The van der Waals surface area contributed by atoms with Crippen molar-refractivity contribution in [2.45, 2.75) is 13.3 Å². The van der Waals surface area contributed by atoms with Crippen LogP contribution in [0.4, 0.5) is 5.69 Å². The van der Waals surface area contributed by atoms with Gasteiger partial charge in [-0.1, -0.05) is 60.7 Å². The SMILES string of the molecule is Cc1ccccc1OCCC(=O)OCC(=O)Nc1ccccc1C(=O)c1ccccc1. The fourth-order valence-electron chi connectivity index (χ4n) is 2.90. The van der Waals surface area contributed by atoms with Gasteiger partial charge in [-0.05, 0) is 30.7 Å². The van der Waals surface area contributed by atoms with Crippen molar-refractivity contribution in [2.24, 2.45) is 0 Å². The molecule has 3 aromatic rings. The molecule has 31 heavy (non-hydrogen) atoms. The maximum Gasteiger partial charge on any atom is 0.309 e. The molecule has 0 bridgehead atoms. The number of carbonyl (C=O) groups is 3. The lowest BCUT2D eigenvalue weighted by Gasteiger charge is -2.11. The Morgan fingerprint density at radius 3 is 2.29 bits per heavy atom. The Labute approximate surface area is 180 Å². The van der Waals surface area contributed by atoms with Gasteiger partial charge < -0.3 is 14.8 Å². The zero-order valence-electron chi connectivity index (χ0n) is 17.2. The Morgan fingerprint density at radius 1 is 0.839 bits per heavy atom. The third kappa shape index (κ3) is 6.27. The van der Waals surface area contributed by atoms with Gasteiger partial charge in [0.05, 0.1) is 18.7 Å². The lowest BCUT2D eigenvalue weighted by molar-refractivity contribution is -0.147. The highest BCUT2D eigenvalue weighted by Crippen LogP contribution is 2.19. The average Bonchev–Trinajstić information content (AvgIpc) is 2.79. The van der Waals surface area contributed by atoms with Crippen molar-refractivity contribution >= 4 is 23.3 Å². The van der Waals surface area contributed by atoms with E-state index in [1.807, 2.05) is 37.3 Å². The fraction of sp³-hybridized carbons (Fsp3) is 0.160. The molecule has 158 valence electrons. The molecule has 0 saturated carbocycles. The molecule has 3 rings (SSSR count). The topological polar surface area (TPSA) is 81.7 Å². The summed E-state index contributed by atoms with van der Waals surface area (Å²) >= 11 is 0. The first-order valence-electron chi connectivity index (χ1n) is 9.87. The van der Waals surface area contributed by atoms with Gasteiger partial charge in [0.1, 0.15) is 5.75 Å². The van der Waals surface area contributed by atoms with Gasteiger partial charge in [0.15, 0.2) is 12.4 Å². The van der Waals surface area contributed by atoms with Crippen LogP contribution in [0.1, 0.15) is 27.9 Å². The maximum atomic E-state index is 12.7. The Balaban J connectivity index is 1.49. The predicted octanol–water partition coefficient (Wildman–Crippen LogP) is 4.18. The quantitative estimate of drug-likeness (QED) is 0.417. The van der Waals surface area contributed by atoms with E-state index in [-0.39, 0.29) is 18.8 Å². The molecule has 0 aliphatic rings. The van der Waals surface area contributed by atoms with Crippen LogP contribution < -0.4 is 10.1 Å². The first-order valence-corrected chi connectivity index (χ1v) is 9.87. The first-order chi connectivity index (χ1) is 15.0. The number of para-hydroxylation sites is 2. The minimum Gasteiger partial charge on any atom is -0.493 e. The van der Waals surface area contributed by atoms with E-state index in [1.165, 1.54) is 0 Å². The van der Waals surface area contributed by atoms with Gasteiger partial charge in [-0.3, -0.25) is 14.4 Å². The van der Waals surface area contributed by atoms with E-state index in [4.69, 9.17) is 9.47 Å². The van der Waals surface area contributed by atoms with E-state index in [0.717, 1.165) is 5.56 Å². The van der Waals surface area contributed by atoms with Gasteiger partial charge in [-0.25, -0.2) is 0 Å². The standard InChI is InChI=1S/C25H23NO5/c1-18-9-5-8-14-22(18)30-16-15-24(28)31-17-23(27)26-21-13-7-6-12-20(21)25(29)19-10-3-2-4-11-19/h2-14H,15-17H2,1H3,(H,26,27). The summed E-state index contributed by atoms with van der Waals surface area (Å²) in [6.07, 6.45) is 0.0185. The number of aryl methyl sites for hydroxylation is 1. The second kappa shape index (κ2) is 10.7. The molecule has 0 heterocycles. The van der Waals surface area contributed by atoms with Gasteiger partial charge in [-0.15, -0.1) is 0 Å². The minimum atomic E-state index is -0.544. The summed E-state index contributed by atoms with van der Waals surface area (Å²) in [7, 11) is 0. The third-order valence-corrected chi connectivity index (χ3v) is 4.50. The smallest absolute Gasteiger partial charge is 0.309 e. The number of hydrogen-bond acceptors (Lipinski definition) is 5. The molecular formula is C25H23NO5. The van der Waals surface area contributed by atoms with Gasteiger partial charge >= 0.3 is 5.97 Å². The van der Waals surface area contributed by atoms with Crippen LogP contribution in [-0.2, 0) is 14.3 Å². The summed E-state index contributed by atoms with van der Waals surface area (Å²) in [5.41, 5.74) is 2.21. The molecule has 6 heteroatoms. The molecule has 1 N–H and O–H groups in total. The molecule has 0 aliphatic heterocycles. The van der Waals surface area contributed by atoms with Crippen LogP contribution >= 0.6 is 0 Å². The molecule has 0 saturated heterocycles. The molecule has 3 aromatic carbocycles. The van der Waals surface area contributed by atoms with Crippen LogP contribution in [-0.4, -0.2) is 30.9 Å². The van der Waals surface area contributed by atoms with Crippen molar-refractivity contribution in [3.05, 3.63) is 95.6 Å². The first kappa shape index (κ1) is 21.8. The van der Waals surface area contributed by atoms with E-state index in [0.29, 0.717) is 22.6 Å². The van der Waals surface area contributed by atoms with Crippen LogP contribution in [0.25, 0.3) is 0 Å². The number of rotatable bonds is 9.